The third-order valence-corrected chi connectivity index (χ3v) is 5.19. The molecule has 1 aromatic carbocycles. The van der Waals surface area contributed by atoms with E-state index in [1.54, 1.807) is 6.92 Å². The van der Waals surface area contributed by atoms with Gasteiger partial charge in [-0.05, 0) is 31.9 Å². The summed E-state index contributed by atoms with van der Waals surface area (Å²) in [5, 5.41) is 2.55. The average Bonchev–Trinajstić information content (AvgIpc) is 2.78. The van der Waals surface area contributed by atoms with Gasteiger partial charge in [-0.15, -0.1) is 0 Å². The summed E-state index contributed by atoms with van der Waals surface area (Å²) < 4.78 is 16.0. The highest BCUT2D eigenvalue weighted by Crippen LogP contribution is 2.30. The highest BCUT2D eigenvalue weighted by molar-refractivity contribution is 5.98. The first-order valence-electron chi connectivity index (χ1n) is 10.5. The third kappa shape index (κ3) is 6.06. The highest BCUT2D eigenvalue weighted by atomic mass is 16.6. The van der Waals surface area contributed by atoms with E-state index in [-0.39, 0.29) is 29.5 Å². The number of hydrogen-bond acceptors (Lipinski definition) is 7. The Morgan fingerprint density at radius 2 is 1.78 bits per heavy atom. The van der Waals surface area contributed by atoms with E-state index < -0.39 is 30.0 Å². The van der Waals surface area contributed by atoms with Gasteiger partial charge < -0.3 is 19.5 Å². The SMILES string of the molecule is CCC(=O)Oc1c(OC)ccnc1C(=O)N[C@@H](C)C(=O)O[C@H](C)[C@H](C)c1ccccc1C. The number of esters is 2. The van der Waals surface area contributed by atoms with Gasteiger partial charge in [0.2, 0.25) is 5.75 Å². The molecule has 2 aromatic rings. The smallest absolute Gasteiger partial charge is 0.328 e. The van der Waals surface area contributed by atoms with Gasteiger partial charge in [0.25, 0.3) is 5.91 Å². The molecule has 172 valence electrons. The first kappa shape index (κ1) is 24.8. The van der Waals surface area contributed by atoms with Crippen molar-refractivity contribution in [3.63, 3.8) is 0 Å². The minimum absolute atomic E-state index is 0.0249. The van der Waals surface area contributed by atoms with Crippen LogP contribution in [-0.2, 0) is 14.3 Å². The molecule has 0 saturated heterocycles. The quantitative estimate of drug-likeness (QED) is 0.592. The molecule has 0 aliphatic carbocycles. The molecular formula is C24H30N2O6. The summed E-state index contributed by atoms with van der Waals surface area (Å²) in [6, 6.07) is 8.44. The number of pyridine rings is 1. The number of benzene rings is 1. The zero-order chi connectivity index (χ0) is 23.8. The van der Waals surface area contributed by atoms with Gasteiger partial charge in [-0.1, -0.05) is 38.1 Å². The number of aryl methyl sites for hydroxylation is 1. The molecule has 0 spiro atoms. The number of carbonyl (C=O) groups is 3. The second-order valence-corrected chi connectivity index (χ2v) is 7.50. The number of aromatic nitrogens is 1. The number of methoxy groups -OCH3 is 1. The number of rotatable bonds is 9. The van der Waals surface area contributed by atoms with Crippen molar-refractivity contribution in [1.29, 1.82) is 0 Å². The molecule has 0 aliphatic rings. The van der Waals surface area contributed by atoms with Crippen LogP contribution in [0.15, 0.2) is 36.5 Å². The van der Waals surface area contributed by atoms with Gasteiger partial charge in [-0.3, -0.25) is 9.59 Å². The number of nitrogens with zero attached hydrogens (tertiary/aromatic N) is 1. The molecule has 0 saturated carbocycles. The Labute approximate surface area is 188 Å². The summed E-state index contributed by atoms with van der Waals surface area (Å²) >= 11 is 0. The Bertz CT molecular complexity index is 975. The molecule has 1 aromatic heterocycles. The van der Waals surface area contributed by atoms with Gasteiger partial charge in [-0.2, -0.15) is 0 Å². The Morgan fingerprint density at radius 3 is 2.41 bits per heavy atom. The van der Waals surface area contributed by atoms with Crippen molar-refractivity contribution in [3.8, 4) is 11.5 Å². The fraction of sp³-hybridized carbons (Fsp3) is 0.417. The Morgan fingerprint density at radius 1 is 1.09 bits per heavy atom. The zero-order valence-corrected chi connectivity index (χ0v) is 19.3. The average molecular weight is 443 g/mol. The standard InChI is InChI=1S/C24H30N2O6/c1-7-20(27)32-22-19(30-6)12-13-25-21(22)23(28)26-16(4)24(29)31-17(5)15(3)18-11-9-8-10-14(18)2/h8-13,15-17H,7H2,1-6H3,(H,26,28)/t15-,16-,17+/m0/s1. The van der Waals surface area contributed by atoms with Crippen molar-refractivity contribution in [2.45, 2.75) is 59.1 Å². The number of carbonyl (C=O) groups excluding carboxylic acids is 3. The summed E-state index contributed by atoms with van der Waals surface area (Å²) in [4.78, 5) is 41.2. The number of nitrogens with one attached hydrogen (secondary N) is 1. The van der Waals surface area contributed by atoms with Gasteiger partial charge in [0, 0.05) is 24.6 Å². The van der Waals surface area contributed by atoms with Crippen LogP contribution in [0.2, 0.25) is 0 Å². The molecule has 1 N–H and O–H groups in total. The summed E-state index contributed by atoms with van der Waals surface area (Å²) in [5.74, 6) is -1.75. The molecule has 0 aliphatic heterocycles. The van der Waals surface area contributed by atoms with Crippen molar-refractivity contribution in [1.82, 2.24) is 10.3 Å². The van der Waals surface area contributed by atoms with Crippen LogP contribution in [0.25, 0.3) is 0 Å². The zero-order valence-electron chi connectivity index (χ0n) is 19.3. The van der Waals surface area contributed by atoms with Crippen LogP contribution in [0, 0.1) is 6.92 Å². The van der Waals surface area contributed by atoms with Gasteiger partial charge in [0.1, 0.15) is 12.1 Å². The second-order valence-electron chi connectivity index (χ2n) is 7.50. The maximum Gasteiger partial charge on any atom is 0.328 e. The van der Waals surface area contributed by atoms with Crippen LogP contribution in [0.3, 0.4) is 0 Å². The fourth-order valence-electron chi connectivity index (χ4n) is 3.10. The van der Waals surface area contributed by atoms with Crippen LogP contribution in [-0.4, -0.2) is 42.1 Å². The van der Waals surface area contributed by atoms with E-state index in [0.29, 0.717) is 0 Å². The summed E-state index contributed by atoms with van der Waals surface area (Å²) in [7, 11) is 1.39. The van der Waals surface area contributed by atoms with E-state index in [1.807, 2.05) is 45.0 Å². The van der Waals surface area contributed by atoms with Gasteiger partial charge >= 0.3 is 11.9 Å². The van der Waals surface area contributed by atoms with E-state index >= 15 is 0 Å². The lowest BCUT2D eigenvalue weighted by Gasteiger charge is -2.24. The van der Waals surface area contributed by atoms with Crippen LogP contribution in [0.5, 0.6) is 11.5 Å². The van der Waals surface area contributed by atoms with E-state index in [2.05, 4.69) is 10.3 Å². The maximum atomic E-state index is 12.8. The van der Waals surface area contributed by atoms with E-state index in [0.717, 1.165) is 11.1 Å². The summed E-state index contributed by atoms with van der Waals surface area (Å²) in [5.41, 5.74) is 2.04. The summed E-state index contributed by atoms with van der Waals surface area (Å²) in [6.45, 7) is 8.95. The second kappa shape index (κ2) is 11.3. The molecule has 2 rings (SSSR count). The summed E-state index contributed by atoms with van der Waals surface area (Å²) in [6.07, 6.45) is 1.06. The van der Waals surface area contributed by atoms with E-state index in [9.17, 15) is 14.4 Å². The van der Waals surface area contributed by atoms with Crippen LogP contribution < -0.4 is 14.8 Å². The van der Waals surface area contributed by atoms with E-state index in [1.165, 1.54) is 26.3 Å². The lowest BCUT2D eigenvalue weighted by molar-refractivity contribution is -0.151. The lowest BCUT2D eigenvalue weighted by Crippen LogP contribution is -2.41. The van der Waals surface area contributed by atoms with Crippen LogP contribution in [0.4, 0.5) is 0 Å². The topological polar surface area (TPSA) is 104 Å². The molecule has 8 nitrogen and oxygen atoms in total. The first-order chi connectivity index (χ1) is 15.2. The molecule has 3 atom stereocenters. The third-order valence-electron chi connectivity index (χ3n) is 5.19. The van der Waals surface area contributed by atoms with Gasteiger partial charge in [-0.25, -0.2) is 9.78 Å². The van der Waals surface area contributed by atoms with Crippen molar-refractivity contribution in [3.05, 3.63) is 53.3 Å². The maximum absolute atomic E-state index is 12.8. The predicted octanol–water partition coefficient (Wildman–Crippen LogP) is 3.57. The van der Waals surface area contributed by atoms with Crippen molar-refractivity contribution in [2.24, 2.45) is 0 Å². The minimum atomic E-state index is -0.947. The number of hydrogen-bond donors (Lipinski definition) is 1. The first-order valence-corrected chi connectivity index (χ1v) is 10.5. The molecule has 0 bridgehead atoms. The minimum Gasteiger partial charge on any atom is -0.493 e. The molecule has 1 heterocycles. The largest absolute Gasteiger partial charge is 0.493 e. The van der Waals surface area contributed by atoms with Crippen LogP contribution in [0.1, 0.15) is 61.6 Å². The normalized spacial score (nSPS) is 13.4. The van der Waals surface area contributed by atoms with Crippen molar-refractivity contribution in [2.75, 3.05) is 7.11 Å². The molecular weight excluding hydrogens is 412 g/mol. The van der Waals surface area contributed by atoms with Crippen LogP contribution >= 0.6 is 0 Å². The van der Waals surface area contributed by atoms with Gasteiger partial charge in [0.15, 0.2) is 11.4 Å². The Kier molecular flexibility index (Phi) is 8.75. The highest BCUT2D eigenvalue weighted by Gasteiger charge is 2.27. The fourth-order valence-corrected chi connectivity index (χ4v) is 3.10. The molecule has 0 unspecified atom stereocenters. The molecule has 1 amide bonds. The molecule has 0 radical (unpaired) electrons. The monoisotopic (exact) mass is 442 g/mol. The Hall–Kier alpha value is -3.42. The van der Waals surface area contributed by atoms with Crippen molar-refractivity contribution >= 4 is 17.8 Å². The van der Waals surface area contributed by atoms with Gasteiger partial charge in [0.05, 0.1) is 7.11 Å². The predicted molar refractivity (Wildman–Crippen MR) is 119 cm³/mol. The Balaban J connectivity index is 2.09. The molecule has 0 fully saturated rings. The van der Waals surface area contributed by atoms with E-state index in [4.69, 9.17) is 14.2 Å². The number of amides is 1. The lowest BCUT2D eigenvalue weighted by atomic mass is 9.92. The number of ether oxygens (including phenoxy) is 3. The molecule has 32 heavy (non-hydrogen) atoms. The molecule has 8 heteroatoms. The van der Waals surface area contributed by atoms with Crippen molar-refractivity contribution < 1.29 is 28.6 Å².